The summed E-state index contributed by atoms with van der Waals surface area (Å²) in [4.78, 5) is 52.2. The third-order valence-corrected chi connectivity index (χ3v) is 11.3. The number of unbranched alkanes of at least 4 members (excludes halogenated alkanes) is 21. The maximum absolute atomic E-state index is 13.0. The molecule has 0 aromatic carbocycles. The normalized spacial score (nSPS) is 11.9. The molecule has 0 aliphatic carbocycles. The molecule has 0 fully saturated rings. The zero-order chi connectivity index (χ0) is 46.3. The maximum Gasteiger partial charge on any atom is 0.508 e. The molecule has 0 bridgehead atoms. The van der Waals surface area contributed by atoms with Gasteiger partial charge in [-0.1, -0.05) is 163 Å². The Kier molecular flexibility index (Phi) is 45.7. The van der Waals surface area contributed by atoms with Gasteiger partial charge in [0.05, 0.1) is 25.6 Å². The van der Waals surface area contributed by atoms with E-state index in [1.165, 1.54) is 70.6 Å². The topological polar surface area (TPSA) is 136 Å². The summed E-state index contributed by atoms with van der Waals surface area (Å²) in [6.07, 6.45) is 28.3. The highest BCUT2D eigenvalue weighted by atomic mass is 16.7. The second-order valence-corrected chi connectivity index (χ2v) is 17.2. The molecule has 0 saturated carbocycles. The van der Waals surface area contributed by atoms with Crippen LogP contribution in [0.2, 0.25) is 0 Å². The van der Waals surface area contributed by atoms with Gasteiger partial charge in [0.2, 0.25) is 0 Å². The predicted octanol–water partition coefficient (Wildman–Crippen LogP) is 12.8. The molecule has 63 heavy (non-hydrogen) atoms. The van der Waals surface area contributed by atoms with Crippen LogP contribution in [0.3, 0.4) is 0 Å². The Morgan fingerprint density at radius 3 is 1.24 bits per heavy atom. The zero-order valence-electron chi connectivity index (χ0n) is 41.4. The summed E-state index contributed by atoms with van der Waals surface area (Å²) in [6.45, 7) is 15.2. The lowest BCUT2D eigenvalue weighted by Crippen LogP contribution is -2.28. The van der Waals surface area contributed by atoms with Gasteiger partial charge in [0.25, 0.3) is 0 Å². The standard InChI is InChI=1S/C51H97NO11/c1-6-11-14-17-26-31-40-58-50(59-41-32-27-18-15-12-7-2)37-36-49(55)62-44-46(45-63-51(56)60-42-33-38-52(9-4)10-5)43-61-48(54)35-29-24-22-20-19-21-23-28-34-47(53)57-39-30-25-16-13-8-3/h46,50H,6-45H2,1-5H3/t46-/m0/s1. The summed E-state index contributed by atoms with van der Waals surface area (Å²) in [6, 6.07) is 0. The van der Waals surface area contributed by atoms with Crippen molar-refractivity contribution in [1.29, 1.82) is 0 Å². The second-order valence-electron chi connectivity index (χ2n) is 17.2. The fraction of sp³-hybridized carbons (Fsp3) is 0.922. The number of nitrogens with zero attached hydrogens (tertiary/aromatic N) is 1. The van der Waals surface area contributed by atoms with Crippen LogP contribution < -0.4 is 0 Å². The van der Waals surface area contributed by atoms with Gasteiger partial charge in [-0.15, -0.1) is 0 Å². The van der Waals surface area contributed by atoms with Gasteiger partial charge < -0.3 is 38.1 Å². The number of hydrogen-bond acceptors (Lipinski definition) is 12. The SMILES string of the molecule is CCCCCCCCOC(CCC(=O)OC[C@H](COC(=O)CCCCCCCCCCC(=O)OCCCCCCC)COC(=O)OCCCN(CC)CC)OCCCCCCCC. The summed E-state index contributed by atoms with van der Waals surface area (Å²) in [5.74, 6) is -1.36. The lowest BCUT2D eigenvalue weighted by molar-refractivity contribution is -0.161. The van der Waals surface area contributed by atoms with Gasteiger partial charge in [-0.25, -0.2) is 4.79 Å². The van der Waals surface area contributed by atoms with E-state index in [-0.39, 0.29) is 44.8 Å². The van der Waals surface area contributed by atoms with E-state index in [0.29, 0.717) is 45.5 Å². The molecule has 0 N–H and O–H groups in total. The summed E-state index contributed by atoms with van der Waals surface area (Å²) < 4.78 is 39.4. The van der Waals surface area contributed by atoms with Crippen LogP contribution in [0.5, 0.6) is 0 Å². The molecule has 0 rings (SSSR count). The zero-order valence-corrected chi connectivity index (χ0v) is 41.4. The van der Waals surface area contributed by atoms with Crippen molar-refractivity contribution in [2.24, 2.45) is 5.92 Å². The van der Waals surface area contributed by atoms with Crippen molar-refractivity contribution in [2.45, 2.75) is 234 Å². The first-order valence-corrected chi connectivity index (χ1v) is 26.0. The van der Waals surface area contributed by atoms with Gasteiger partial charge >= 0.3 is 24.1 Å². The smallest absolute Gasteiger partial charge is 0.466 e. The molecule has 0 radical (unpaired) electrons. The first-order valence-electron chi connectivity index (χ1n) is 26.0. The first-order chi connectivity index (χ1) is 30.8. The highest BCUT2D eigenvalue weighted by Gasteiger charge is 2.20. The monoisotopic (exact) mass is 900 g/mol. The van der Waals surface area contributed by atoms with Crippen LogP contribution in [0.4, 0.5) is 4.79 Å². The average molecular weight is 900 g/mol. The fourth-order valence-electron chi connectivity index (χ4n) is 7.13. The van der Waals surface area contributed by atoms with Gasteiger partial charge in [0.15, 0.2) is 6.29 Å². The Balaban J connectivity index is 4.76. The van der Waals surface area contributed by atoms with Crippen LogP contribution in [0.15, 0.2) is 0 Å². The third kappa shape index (κ3) is 43.2. The number of carbonyl (C=O) groups excluding carboxylic acids is 4. The second kappa shape index (κ2) is 47.5. The van der Waals surface area contributed by atoms with Crippen molar-refractivity contribution in [2.75, 3.05) is 65.9 Å². The molecule has 0 aliphatic heterocycles. The minimum Gasteiger partial charge on any atom is -0.466 e. The van der Waals surface area contributed by atoms with E-state index in [4.69, 9.17) is 33.2 Å². The van der Waals surface area contributed by atoms with Crippen LogP contribution >= 0.6 is 0 Å². The third-order valence-electron chi connectivity index (χ3n) is 11.3. The number of esters is 3. The molecule has 1 atom stereocenters. The average Bonchev–Trinajstić information content (AvgIpc) is 3.28. The van der Waals surface area contributed by atoms with Gasteiger partial charge in [-0.05, 0) is 51.6 Å². The lowest BCUT2D eigenvalue weighted by atomic mass is 10.1. The van der Waals surface area contributed by atoms with Crippen LogP contribution in [-0.2, 0) is 47.5 Å². The van der Waals surface area contributed by atoms with Crippen molar-refractivity contribution in [1.82, 2.24) is 4.90 Å². The number of hydrogen-bond donors (Lipinski definition) is 0. The van der Waals surface area contributed by atoms with Gasteiger partial charge in [0, 0.05) is 39.0 Å². The largest absolute Gasteiger partial charge is 0.508 e. The molecule has 0 unspecified atom stereocenters. The lowest BCUT2D eigenvalue weighted by Gasteiger charge is -2.20. The Morgan fingerprint density at radius 1 is 0.381 bits per heavy atom. The molecule has 0 saturated heterocycles. The molecular weight excluding hydrogens is 803 g/mol. The predicted molar refractivity (Wildman–Crippen MR) is 253 cm³/mol. The van der Waals surface area contributed by atoms with Gasteiger partial charge in [0.1, 0.15) is 19.8 Å². The van der Waals surface area contributed by atoms with Crippen molar-refractivity contribution >= 4 is 24.1 Å². The van der Waals surface area contributed by atoms with Crippen LogP contribution in [0, 0.1) is 5.92 Å². The Labute approximate surface area is 385 Å². The highest BCUT2D eigenvalue weighted by molar-refractivity contribution is 5.70. The molecular formula is C51H97NO11. The molecule has 0 heterocycles. The summed E-state index contributed by atoms with van der Waals surface area (Å²) in [5.41, 5.74) is 0. The first kappa shape index (κ1) is 60.6. The maximum atomic E-state index is 13.0. The Morgan fingerprint density at radius 2 is 0.762 bits per heavy atom. The van der Waals surface area contributed by atoms with E-state index in [9.17, 15) is 19.2 Å². The Bertz CT molecular complexity index is 1020. The minimum absolute atomic E-state index is 0.0424. The van der Waals surface area contributed by atoms with Crippen LogP contribution in [0.1, 0.15) is 227 Å². The molecule has 0 aromatic heterocycles. The number of rotatable bonds is 48. The van der Waals surface area contributed by atoms with E-state index in [1.54, 1.807) is 0 Å². The molecule has 12 nitrogen and oxygen atoms in total. The summed E-state index contributed by atoms with van der Waals surface area (Å²) in [5, 5.41) is 0. The van der Waals surface area contributed by atoms with Crippen molar-refractivity contribution < 1.29 is 52.3 Å². The molecule has 0 aliphatic rings. The summed E-state index contributed by atoms with van der Waals surface area (Å²) in [7, 11) is 0. The fourth-order valence-corrected chi connectivity index (χ4v) is 7.13. The minimum atomic E-state index is -0.795. The van der Waals surface area contributed by atoms with Crippen LogP contribution in [0.25, 0.3) is 0 Å². The number of carbonyl (C=O) groups is 4. The summed E-state index contributed by atoms with van der Waals surface area (Å²) >= 11 is 0. The Hall–Kier alpha value is -2.44. The molecule has 0 amide bonds. The van der Waals surface area contributed by atoms with Crippen molar-refractivity contribution in [3.63, 3.8) is 0 Å². The quantitative estimate of drug-likeness (QED) is 0.0249. The van der Waals surface area contributed by atoms with E-state index in [2.05, 4.69) is 39.5 Å². The van der Waals surface area contributed by atoms with Gasteiger partial charge in [-0.3, -0.25) is 14.4 Å². The van der Waals surface area contributed by atoms with E-state index in [0.717, 1.165) is 110 Å². The van der Waals surface area contributed by atoms with E-state index in [1.807, 2.05) is 0 Å². The van der Waals surface area contributed by atoms with Gasteiger partial charge in [-0.2, -0.15) is 0 Å². The van der Waals surface area contributed by atoms with E-state index < -0.39 is 24.3 Å². The van der Waals surface area contributed by atoms with E-state index >= 15 is 0 Å². The molecule has 12 heteroatoms. The highest BCUT2D eigenvalue weighted by Crippen LogP contribution is 2.15. The van der Waals surface area contributed by atoms with Crippen molar-refractivity contribution in [3.8, 4) is 0 Å². The van der Waals surface area contributed by atoms with Crippen LogP contribution in [-0.4, -0.2) is 101 Å². The molecule has 0 aromatic rings. The molecule has 372 valence electrons. The molecule has 0 spiro atoms. The number of ether oxygens (including phenoxy) is 7. The van der Waals surface area contributed by atoms with Crippen molar-refractivity contribution in [3.05, 3.63) is 0 Å².